The van der Waals surface area contributed by atoms with E-state index in [-0.39, 0.29) is 5.91 Å². The molecule has 1 saturated carbocycles. The molecule has 7 heteroatoms. The second-order valence-corrected chi connectivity index (χ2v) is 7.88. The summed E-state index contributed by atoms with van der Waals surface area (Å²) in [5.41, 5.74) is 1.57. The molecule has 1 fully saturated rings. The van der Waals surface area contributed by atoms with Crippen LogP contribution in [0.25, 0.3) is 0 Å². The average molecular weight is 427 g/mol. The zero-order chi connectivity index (χ0) is 21.8. The van der Waals surface area contributed by atoms with E-state index in [1.54, 1.807) is 21.3 Å². The summed E-state index contributed by atoms with van der Waals surface area (Å²) in [4.78, 5) is 12.6. The minimum absolute atomic E-state index is 0.0944. The van der Waals surface area contributed by atoms with Crippen molar-refractivity contribution in [1.82, 2.24) is 0 Å². The lowest BCUT2D eigenvalue weighted by molar-refractivity contribution is -0.116. The van der Waals surface area contributed by atoms with E-state index < -0.39 is 5.79 Å². The first-order chi connectivity index (χ1) is 15.1. The summed E-state index contributed by atoms with van der Waals surface area (Å²) in [5, 5.41) is 2.95. The Morgan fingerprint density at radius 1 is 0.935 bits per heavy atom. The molecule has 7 nitrogen and oxygen atoms in total. The predicted molar refractivity (Wildman–Crippen MR) is 117 cm³/mol. The molecule has 0 saturated heterocycles. The topological polar surface area (TPSA) is 75.3 Å². The quantitative estimate of drug-likeness (QED) is 0.689. The molecule has 1 amide bonds. The van der Waals surface area contributed by atoms with Crippen molar-refractivity contribution >= 4 is 11.6 Å². The van der Waals surface area contributed by atoms with Crippen LogP contribution >= 0.6 is 0 Å². The molecule has 166 valence electrons. The molecular weight excluding hydrogens is 398 g/mol. The zero-order valence-corrected chi connectivity index (χ0v) is 18.3. The second-order valence-electron chi connectivity index (χ2n) is 7.88. The van der Waals surface area contributed by atoms with Crippen LogP contribution in [0.3, 0.4) is 0 Å². The monoisotopic (exact) mass is 427 g/mol. The fourth-order valence-corrected chi connectivity index (χ4v) is 4.30. The largest absolute Gasteiger partial charge is 0.493 e. The number of aryl methyl sites for hydroxylation is 1. The Kier molecular flexibility index (Phi) is 6.11. The molecule has 0 unspecified atom stereocenters. The van der Waals surface area contributed by atoms with Crippen LogP contribution < -0.4 is 29.0 Å². The summed E-state index contributed by atoms with van der Waals surface area (Å²) >= 11 is 0. The third-order valence-electron chi connectivity index (χ3n) is 5.84. The Morgan fingerprint density at radius 2 is 1.68 bits per heavy atom. The molecule has 1 N–H and O–H groups in total. The maximum Gasteiger partial charge on any atom is 0.251 e. The maximum absolute atomic E-state index is 12.6. The van der Waals surface area contributed by atoms with Crippen molar-refractivity contribution in [3.63, 3.8) is 0 Å². The Balaban J connectivity index is 1.39. The highest BCUT2D eigenvalue weighted by Crippen LogP contribution is 2.46. The Morgan fingerprint density at radius 3 is 2.39 bits per heavy atom. The van der Waals surface area contributed by atoms with E-state index in [0.29, 0.717) is 41.5 Å². The fourth-order valence-electron chi connectivity index (χ4n) is 4.30. The number of ether oxygens (including phenoxy) is 5. The average Bonchev–Trinajstić information content (AvgIpc) is 3.13. The first kappa shape index (κ1) is 21.2. The molecule has 31 heavy (non-hydrogen) atoms. The van der Waals surface area contributed by atoms with Gasteiger partial charge in [-0.2, -0.15) is 0 Å². The van der Waals surface area contributed by atoms with Gasteiger partial charge in [0.1, 0.15) is 0 Å². The van der Waals surface area contributed by atoms with Gasteiger partial charge >= 0.3 is 0 Å². The van der Waals surface area contributed by atoms with Crippen molar-refractivity contribution in [3.8, 4) is 28.7 Å². The molecule has 0 bridgehead atoms. The van der Waals surface area contributed by atoms with Crippen LogP contribution in [0.4, 0.5) is 5.69 Å². The van der Waals surface area contributed by atoms with Gasteiger partial charge in [-0.05, 0) is 43.0 Å². The van der Waals surface area contributed by atoms with Crippen molar-refractivity contribution in [2.24, 2.45) is 0 Å². The SMILES string of the molecule is COc1ccc(CCC(=O)Nc2ccc3c(c2)OC2(CCCCC2)O3)c(OC)c1OC. The second kappa shape index (κ2) is 8.96. The van der Waals surface area contributed by atoms with Gasteiger partial charge in [-0.25, -0.2) is 0 Å². The number of hydrogen-bond donors (Lipinski definition) is 1. The minimum Gasteiger partial charge on any atom is -0.493 e. The maximum atomic E-state index is 12.6. The predicted octanol–water partition coefficient (Wildman–Crippen LogP) is 4.72. The van der Waals surface area contributed by atoms with Crippen LogP contribution in [0.2, 0.25) is 0 Å². The number of hydrogen-bond acceptors (Lipinski definition) is 6. The summed E-state index contributed by atoms with van der Waals surface area (Å²) in [6.45, 7) is 0. The molecule has 0 radical (unpaired) electrons. The van der Waals surface area contributed by atoms with E-state index in [2.05, 4.69) is 5.32 Å². The lowest BCUT2D eigenvalue weighted by Gasteiger charge is -2.31. The van der Waals surface area contributed by atoms with E-state index in [1.807, 2.05) is 30.3 Å². The molecular formula is C24H29NO6. The number of fused-ring (bicyclic) bond motifs is 1. The van der Waals surface area contributed by atoms with Gasteiger partial charge in [0.05, 0.1) is 21.3 Å². The molecule has 0 atom stereocenters. The third kappa shape index (κ3) is 4.36. The number of nitrogens with one attached hydrogen (secondary N) is 1. The number of amides is 1. The number of benzene rings is 2. The fraction of sp³-hybridized carbons (Fsp3) is 0.458. The normalized spacial score (nSPS) is 16.1. The molecule has 1 heterocycles. The van der Waals surface area contributed by atoms with Crippen LogP contribution in [-0.2, 0) is 11.2 Å². The summed E-state index contributed by atoms with van der Waals surface area (Å²) in [6, 6.07) is 9.25. The van der Waals surface area contributed by atoms with E-state index in [0.717, 1.165) is 37.0 Å². The molecule has 4 rings (SSSR count). The lowest BCUT2D eigenvalue weighted by atomic mass is 9.94. The van der Waals surface area contributed by atoms with Crippen LogP contribution in [0, 0.1) is 0 Å². The zero-order valence-electron chi connectivity index (χ0n) is 18.3. The molecule has 1 aliphatic heterocycles. The summed E-state index contributed by atoms with van der Waals surface area (Å²) in [6.07, 6.45) is 6.03. The molecule has 0 aromatic heterocycles. The van der Waals surface area contributed by atoms with Crippen LogP contribution in [0.5, 0.6) is 28.7 Å². The van der Waals surface area contributed by atoms with E-state index >= 15 is 0 Å². The first-order valence-electron chi connectivity index (χ1n) is 10.7. The van der Waals surface area contributed by atoms with Gasteiger partial charge in [-0.15, -0.1) is 0 Å². The molecule has 1 spiro atoms. The van der Waals surface area contributed by atoms with E-state index in [9.17, 15) is 4.79 Å². The number of anilines is 1. The molecule has 2 aromatic carbocycles. The standard InChI is InChI=1S/C24H29NO6/c1-27-19-10-7-16(22(28-2)23(19)29-3)8-12-21(26)25-17-9-11-18-20(15-17)31-24(30-18)13-5-4-6-14-24/h7,9-11,15H,4-6,8,12-14H2,1-3H3,(H,25,26). The van der Waals surface area contributed by atoms with E-state index in [1.165, 1.54) is 6.42 Å². The summed E-state index contributed by atoms with van der Waals surface area (Å²) < 4.78 is 28.5. The number of carbonyl (C=O) groups excluding carboxylic acids is 1. The summed E-state index contributed by atoms with van der Waals surface area (Å²) in [5.74, 6) is 2.52. The van der Waals surface area contributed by atoms with Gasteiger partial charge in [0, 0.05) is 31.0 Å². The van der Waals surface area contributed by atoms with Crippen molar-refractivity contribution < 1.29 is 28.5 Å². The Bertz CT molecular complexity index is 951. The van der Waals surface area contributed by atoms with Gasteiger partial charge in [0.15, 0.2) is 23.0 Å². The van der Waals surface area contributed by atoms with Crippen molar-refractivity contribution in [3.05, 3.63) is 35.9 Å². The smallest absolute Gasteiger partial charge is 0.251 e. The van der Waals surface area contributed by atoms with E-state index in [4.69, 9.17) is 23.7 Å². The first-order valence-corrected chi connectivity index (χ1v) is 10.7. The highest BCUT2D eigenvalue weighted by Gasteiger charge is 2.42. The summed E-state index contributed by atoms with van der Waals surface area (Å²) in [7, 11) is 4.71. The number of carbonyl (C=O) groups is 1. The van der Waals surface area contributed by atoms with Gasteiger partial charge in [0.2, 0.25) is 11.7 Å². The number of methoxy groups -OCH3 is 3. The van der Waals surface area contributed by atoms with Gasteiger partial charge in [-0.1, -0.05) is 12.5 Å². The Hall–Kier alpha value is -3.09. The minimum atomic E-state index is -0.521. The third-order valence-corrected chi connectivity index (χ3v) is 5.84. The van der Waals surface area contributed by atoms with Crippen LogP contribution in [0.15, 0.2) is 30.3 Å². The molecule has 2 aromatic rings. The van der Waals surface area contributed by atoms with Crippen molar-refractivity contribution in [1.29, 1.82) is 0 Å². The van der Waals surface area contributed by atoms with Crippen LogP contribution in [0.1, 0.15) is 44.1 Å². The van der Waals surface area contributed by atoms with Crippen molar-refractivity contribution in [2.75, 3.05) is 26.6 Å². The highest BCUT2D eigenvalue weighted by molar-refractivity contribution is 5.91. The number of rotatable bonds is 7. The Labute approximate surface area is 182 Å². The van der Waals surface area contributed by atoms with Crippen molar-refractivity contribution in [2.45, 2.75) is 50.7 Å². The highest BCUT2D eigenvalue weighted by atomic mass is 16.7. The van der Waals surface area contributed by atoms with Crippen LogP contribution in [-0.4, -0.2) is 33.0 Å². The van der Waals surface area contributed by atoms with Gasteiger partial charge in [-0.3, -0.25) is 4.79 Å². The van der Waals surface area contributed by atoms with Gasteiger partial charge < -0.3 is 29.0 Å². The molecule has 1 aliphatic carbocycles. The lowest BCUT2D eigenvalue weighted by Crippen LogP contribution is -2.40. The van der Waals surface area contributed by atoms with Gasteiger partial charge in [0.25, 0.3) is 5.79 Å². The molecule has 2 aliphatic rings.